The Labute approximate surface area is 102 Å². The van der Waals surface area contributed by atoms with Crippen molar-refractivity contribution in [1.82, 2.24) is 5.32 Å². The van der Waals surface area contributed by atoms with E-state index in [4.69, 9.17) is 4.74 Å². The molecule has 0 heterocycles. The second-order valence-corrected chi connectivity index (χ2v) is 3.97. The molecule has 0 bridgehead atoms. The molecule has 4 heteroatoms. The summed E-state index contributed by atoms with van der Waals surface area (Å²) < 4.78 is 4.88. The third kappa shape index (κ3) is 4.54. The first-order chi connectivity index (χ1) is 8.15. The van der Waals surface area contributed by atoms with E-state index in [0.29, 0.717) is 19.7 Å². The topological polar surface area (TPSA) is 50.4 Å². The SMILES string of the molecule is COCCNCC(=O)Nc1cccc(C)c1C. The number of hydrogen-bond acceptors (Lipinski definition) is 3. The molecule has 0 fully saturated rings. The van der Waals surface area contributed by atoms with Gasteiger partial charge in [0.1, 0.15) is 0 Å². The van der Waals surface area contributed by atoms with Crippen LogP contribution in [0.4, 0.5) is 5.69 Å². The van der Waals surface area contributed by atoms with Crippen molar-refractivity contribution in [2.24, 2.45) is 0 Å². The molecule has 0 aliphatic carbocycles. The lowest BCUT2D eigenvalue weighted by molar-refractivity contribution is -0.115. The average molecular weight is 236 g/mol. The van der Waals surface area contributed by atoms with Gasteiger partial charge >= 0.3 is 0 Å². The van der Waals surface area contributed by atoms with Gasteiger partial charge in [-0.05, 0) is 31.0 Å². The summed E-state index contributed by atoms with van der Waals surface area (Å²) in [7, 11) is 1.64. The zero-order chi connectivity index (χ0) is 12.7. The van der Waals surface area contributed by atoms with Gasteiger partial charge in [-0.1, -0.05) is 12.1 Å². The minimum absolute atomic E-state index is 0.0326. The standard InChI is InChI=1S/C13H20N2O2/c1-10-5-4-6-12(11(10)2)15-13(16)9-14-7-8-17-3/h4-6,14H,7-9H2,1-3H3,(H,15,16). The number of nitrogens with one attached hydrogen (secondary N) is 2. The zero-order valence-electron chi connectivity index (χ0n) is 10.7. The van der Waals surface area contributed by atoms with E-state index in [9.17, 15) is 4.79 Å². The van der Waals surface area contributed by atoms with Crippen molar-refractivity contribution < 1.29 is 9.53 Å². The van der Waals surface area contributed by atoms with Gasteiger partial charge in [0.2, 0.25) is 5.91 Å². The predicted octanol–water partition coefficient (Wildman–Crippen LogP) is 1.48. The normalized spacial score (nSPS) is 10.3. The lowest BCUT2D eigenvalue weighted by atomic mass is 10.1. The second-order valence-electron chi connectivity index (χ2n) is 3.97. The van der Waals surface area contributed by atoms with Gasteiger partial charge in [-0.15, -0.1) is 0 Å². The molecule has 4 nitrogen and oxygen atoms in total. The summed E-state index contributed by atoms with van der Waals surface area (Å²) in [6, 6.07) is 5.88. The van der Waals surface area contributed by atoms with Crippen LogP contribution in [-0.2, 0) is 9.53 Å². The Balaban J connectivity index is 2.43. The van der Waals surface area contributed by atoms with E-state index in [1.54, 1.807) is 7.11 Å². The highest BCUT2D eigenvalue weighted by Crippen LogP contribution is 2.17. The maximum Gasteiger partial charge on any atom is 0.238 e. The monoisotopic (exact) mass is 236 g/mol. The molecule has 0 saturated carbocycles. The molecular weight excluding hydrogens is 216 g/mol. The summed E-state index contributed by atoms with van der Waals surface area (Å²) in [6.45, 7) is 5.62. The second kappa shape index (κ2) is 7.04. The first-order valence-corrected chi connectivity index (χ1v) is 5.71. The maximum atomic E-state index is 11.6. The van der Waals surface area contributed by atoms with E-state index in [2.05, 4.69) is 10.6 Å². The first-order valence-electron chi connectivity index (χ1n) is 5.71. The first kappa shape index (κ1) is 13.7. The molecule has 0 radical (unpaired) electrons. The average Bonchev–Trinajstić information content (AvgIpc) is 2.31. The third-order valence-corrected chi connectivity index (χ3v) is 2.65. The van der Waals surface area contributed by atoms with Crippen LogP contribution in [0.25, 0.3) is 0 Å². The third-order valence-electron chi connectivity index (χ3n) is 2.65. The molecule has 0 saturated heterocycles. The number of hydrogen-bond donors (Lipinski definition) is 2. The highest BCUT2D eigenvalue weighted by Gasteiger charge is 2.04. The fourth-order valence-electron chi connectivity index (χ4n) is 1.46. The molecular formula is C13H20N2O2. The Morgan fingerprint density at radius 1 is 1.35 bits per heavy atom. The Kier molecular flexibility index (Phi) is 5.66. The molecule has 0 spiro atoms. The largest absolute Gasteiger partial charge is 0.383 e. The van der Waals surface area contributed by atoms with E-state index >= 15 is 0 Å². The number of aryl methyl sites for hydroxylation is 1. The van der Waals surface area contributed by atoms with Gasteiger partial charge in [0, 0.05) is 19.3 Å². The van der Waals surface area contributed by atoms with Crippen LogP contribution in [0.3, 0.4) is 0 Å². The lowest BCUT2D eigenvalue weighted by Gasteiger charge is -2.10. The van der Waals surface area contributed by atoms with Crippen molar-refractivity contribution in [3.8, 4) is 0 Å². The number of carbonyl (C=O) groups excluding carboxylic acids is 1. The van der Waals surface area contributed by atoms with Gasteiger partial charge in [0.15, 0.2) is 0 Å². The number of amides is 1. The molecule has 1 aromatic carbocycles. The van der Waals surface area contributed by atoms with E-state index in [1.165, 1.54) is 5.56 Å². The van der Waals surface area contributed by atoms with E-state index in [1.807, 2.05) is 32.0 Å². The number of anilines is 1. The summed E-state index contributed by atoms with van der Waals surface area (Å²) in [5, 5.41) is 5.89. The zero-order valence-corrected chi connectivity index (χ0v) is 10.7. The van der Waals surface area contributed by atoms with Crippen molar-refractivity contribution in [2.45, 2.75) is 13.8 Å². The van der Waals surface area contributed by atoms with Gasteiger partial charge in [-0.2, -0.15) is 0 Å². The van der Waals surface area contributed by atoms with Crippen LogP contribution in [0.1, 0.15) is 11.1 Å². The lowest BCUT2D eigenvalue weighted by Crippen LogP contribution is -2.30. The minimum Gasteiger partial charge on any atom is -0.383 e. The number of rotatable bonds is 6. The fourth-order valence-corrected chi connectivity index (χ4v) is 1.46. The van der Waals surface area contributed by atoms with Crippen LogP contribution in [0.2, 0.25) is 0 Å². The molecule has 17 heavy (non-hydrogen) atoms. The van der Waals surface area contributed by atoms with Gasteiger partial charge in [0.05, 0.1) is 13.2 Å². The van der Waals surface area contributed by atoms with Crippen LogP contribution < -0.4 is 10.6 Å². The molecule has 0 unspecified atom stereocenters. The van der Waals surface area contributed by atoms with Crippen molar-refractivity contribution in [3.63, 3.8) is 0 Å². The smallest absolute Gasteiger partial charge is 0.238 e. The molecule has 1 amide bonds. The Morgan fingerprint density at radius 3 is 2.82 bits per heavy atom. The van der Waals surface area contributed by atoms with E-state index in [0.717, 1.165) is 11.3 Å². The van der Waals surface area contributed by atoms with Crippen molar-refractivity contribution in [1.29, 1.82) is 0 Å². The van der Waals surface area contributed by atoms with E-state index in [-0.39, 0.29) is 5.91 Å². The number of carbonyl (C=O) groups is 1. The summed E-state index contributed by atoms with van der Waals surface area (Å²) in [6.07, 6.45) is 0. The molecule has 0 aliphatic rings. The van der Waals surface area contributed by atoms with Crippen LogP contribution in [0.15, 0.2) is 18.2 Å². The Morgan fingerprint density at radius 2 is 2.12 bits per heavy atom. The molecule has 1 aromatic rings. The molecule has 94 valence electrons. The number of ether oxygens (including phenoxy) is 1. The van der Waals surface area contributed by atoms with Crippen LogP contribution >= 0.6 is 0 Å². The molecule has 0 atom stereocenters. The summed E-state index contributed by atoms with van der Waals surface area (Å²) in [5.74, 6) is -0.0326. The van der Waals surface area contributed by atoms with Crippen molar-refractivity contribution >= 4 is 11.6 Å². The highest BCUT2D eigenvalue weighted by atomic mass is 16.5. The van der Waals surface area contributed by atoms with Crippen molar-refractivity contribution in [2.75, 3.05) is 32.1 Å². The predicted molar refractivity (Wildman–Crippen MR) is 69.3 cm³/mol. The van der Waals surface area contributed by atoms with Crippen LogP contribution in [0.5, 0.6) is 0 Å². The molecule has 1 rings (SSSR count). The van der Waals surface area contributed by atoms with Crippen LogP contribution in [-0.4, -0.2) is 32.7 Å². The molecule has 0 aliphatic heterocycles. The number of methoxy groups -OCH3 is 1. The van der Waals surface area contributed by atoms with E-state index < -0.39 is 0 Å². The quantitative estimate of drug-likeness (QED) is 0.736. The summed E-state index contributed by atoms with van der Waals surface area (Å²) >= 11 is 0. The summed E-state index contributed by atoms with van der Waals surface area (Å²) in [5.41, 5.74) is 3.16. The summed E-state index contributed by atoms with van der Waals surface area (Å²) in [4.78, 5) is 11.6. The highest BCUT2D eigenvalue weighted by molar-refractivity contribution is 5.93. The fraction of sp³-hybridized carbons (Fsp3) is 0.462. The molecule has 0 aromatic heterocycles. The van der Waals surface area contributed by atoms with Gasteiger partial charge in [0.25, 0.3) is 0 Å². The minimum atomic E-state index is -0.0326. The van der Waals surface area contributed by atoms with Crippen molar-refractivity contribution in [3.05, 3.63) is 29.3 Å². The van der Waals surface area contributed by atoms with Gasteiger partial charge in [-0.25, -0.2) is 0 Å². The molecule has 2 N–H and O–H groups in total. The van der Waals surface area contributed by atoms with Gasteiger partial charge < -0.3 is 15.4 Å². The number of benzene rings is 1. The van der Waals surface area contributed by atoms with Gasteiger partial charge in [-0.3, -0.25) is 4.79 Å². The maximum absolute atomic E-state index is 11.6. The Bertz CT molecular complexity index is 378. The Hall–Kier alpha value is -1.39. The van der Waals surface area contributed by atoms with Crippen LogP contribution in [0, 0.1) is 13.8 Å².